The van der Waals surface area contributed by atoms with Gasteiger partial charge in [0, 0.05) is 54.2 Å². The topological polar surface area (TPSA) is 368 Å². The van der Waals surface area contributed by atoms with Crippen LogP contribution < -0.4 is 0 Å². The van der Waals surface area contributed by atoms with Gasteiger partial charge in [-0.05, 0) is 172 Å². The summed E-state index contributed by atoms with van der Waals surface area (Å²) in [5, 5.41) is 25.7. The molecule has 15 aromatic rings. The SMILES string of the molecule is COC(=O)c1cccc(C(=O)c2c(C(C)(C)C)nn3cc(Cl)ccc23)n1.COC(=O)c1cccc(C(=O)c2c(C3CC3)nn3cc(Cl)ccc23)n1.COC(=O)c1cccc(C(=O)c2c(C3CCCC3)nn3cc(Cl)ccc23)n1.COC(=O)c1cccc(C(=O)c2c(C3CCCCC3)nn3cc(Cl)ccc23)n1.COC(=O)c1cccc(C(=O)c2c(CC(C)C)nn3cc(Cl)ccc23)n1. The van der Waals surface area contributed by atoms with Gasteiger partial charge in [-0.3, -0.25) is 24.0 Å². The normalized spacial score (nSPS) is 13.2. The number of ether oxygens (including phenoxy) is 5. The summed E-state index contributed by atoms with van der Waals surface area (Å²) in [6.07, 6.45) is 20.8. The van der Waals surface area contributed by atoms with Crippen LogP contribution in [-0.4, -0.2) is 167 Å². The third-order valence-electron chi connectivity index (χ3n) is 22.1. The predicted molar refractivity (Wildman–Crippen MR) is 492 cm³/mol. The molecular weight excluding hydrogens is 1790 g/mol. The van der Waals surface area contributed by atoms with Crippen LogP contribution in [0.15, 0.2) is 183 Å². The fourth-order valence-corrected chi connectivity index (χ4v) is 16.6. The Kier molecular flexibility index (Phi) is 29.5. The summed E-state index contributed by atoms with van der Waals surface area (Å²) in [4.78, 5) is 146. The maximum absolute atomic E-state index is 13.4. The van der Waals surface area contributed by atoms with Gasteiger partial charge in [0.05, 0.1) is 145 Å². The maximum Gasteiger partial charge on any atom is 0.356 e. The van der Waals surface area contributed by atoms with E-state index in [9.17, 15) is 47.9 Å². The van der Waals surface area contributed by atoms with Crippen LogP contribution in [0.1, 0.15) is 284 Å². The largest absolute Gasteiger partial charge is 0.464 e. The van der Waals surface area contributed by atoms with E-state index >= 15 is 0 Å². The first-order valence-electron chi connectivity index (χ1n) is 42.3. The van der Waals surface area contributed by atoms with E-state index < -0.39 is 29.8 Å². The standard InChI is InChI=1S/C21H20ClN3O3.C20H18ClN3O3.2C19H18ClN3O3.C18H14ClN3O3/c1-28-21(27)16-9-5-8-15(23-16)20(26)18-17-11-10-14(22)12-25(17)24-19(18)13-6-3-2-4-7-13;1-27-20(26)15-8-4-7-14(22-15)19(25)17-16-10-9-13(21)11-24(16)23-18(17)12-5-2-3-6-12;1-19(2,3)17-15(14-9-8-11(20)10-23(14)22-17)16(24)12-6-5-7-13(21-12)18(25)26-4;1-11(2)9-15-17(16-8-7-12(20)10-23(16)22-15)18(24)13-5-4-6-14(21-13)19(25)26-3;1-25-18(24)13-4-2-3-12(20-13)17(23)15-14-8-7-11(19)9-22(14)21-16(15)10-5-6-10/h5,8-13H,2-4,6-7H2,1H3;4,7-12H,2-3,5-6H2,1H3;5-10H,1-4H3;4-8,10-11H,9H2,1-3H3;2-4,7-10H,5-6H2,1H3. The molecule has 0 saturated heterocycles. The van der Waals surface area contributed by atoms with Crippen LogP contribution in [0.25, 0.3) is 27.6 Å². The lowest BCUT2D eigenvalue weighted by Gasteiger charge is -2.20. The molecular formula is C97H88Cl5N15O15. The summed E-state index contributed by atoms with van der Waals surface area (Å²) in [5.74, 6) is -3.20. The lowest BCUT2D eigenvalue weighted by atomic mass is 9.84. The highest BCUT2D eigenvalue weighted by Gasteiger charge is 2.37. The molecule has 3 saturated carbocycles. The number of hydrogen-bond acceptors (Lipinski definition) is 25. The van der Waals surface area contributed by atoms with Crippen molar-refractivity contribution < 1.29 is 71.6 Å². The van der Waals surface area contributed by atoms with Crippen molar-refractivity contribution in [3.63, 3.8) is 0 Å². The second-order valence-corrected chi connectivity index (χ2v) is 35.0. The number of aromatic nitrogens is 15. The fraction of sp³-hybridized carbons (Fsp3) is 0.278. The highest BCUT2D eigenvalue weighted by atomic mass is 35.5. The molecule has 3 aliphatic rings. The molecule has 3 fully saturated rings. The molecule has 30 nitrogen and oxygen atoms in total. The van der Waals surface area contributed by atoms with Crippen LogP contribution in [0.3, 0.4) is 0 Å². The van der Waals surface area contributed by atoms with E-state index in [1.807, 2.05) is 20.8 Å². The molecule has 3 aliphatic carbocycles. The Labute approximate surface area is 781 Å². The van der Waals surface area contributed by atoms with Crippen LogP contribution in [0, 0.1) is 5.92 Å². The van der Waals surface area contributed by atoms with Crippen molar-refractivity contribution in [2.75, 3.05) is 35.5 Å². The minimum absolute atomic E-state index is 0.0789. The number of halogens is 5. The lowest BCUT2D eigenvalue weighted by molar-refractivity contribution is 0.0585. The number of nitrogens with zero attached hydrogens (tertiary/aromatic N) is 15. The summed E-state index contributed by atoms with van der Waals surface area (Å²) in [6, 6.07) is 41.1. The monoisotopic (exact) mass is 1880 g/mol. The highest BCUT2D eigenvalue weighted by molar-refractivity contribution is 6.32. The van der Waals surface area contributed by atoms with Crippen LogP contribution >= 0.6 is 58.0 Å². The third-order valence-corrected chi connectivity index (χ3v) is 23.3. The van der Waals surface area contributed by atoms with Gasteiger partial charge in [-0.2, -0.15) is 25.5 Å². The van der Waals surface area contributed by atoms with Crippen LogP contribution in [0.2, 0.25) is 25.1 Å². The zero-order valence-corrected chi connectivity index (χ0v) is 77.1. The van der Waals surface area contributed by atoms with E-state index in [1.165, 1.54) is 72.3 Å². The summed E-state index contributed by atoms with van der Waals surface area (Å²) in [5.41, 5.74) is 10.5. The number of methoxy groups -OCH3 is 5. The average Bonchev–Trinajstić information content (AvgIpc) is 1.61. The maximum atomic E-state index is 13.4. The molecule has 0 N–H and O–H groups in total. The average molecular weight is 1880 g/mol. The Morgan fingerprint density at radius 3 is 0.818 bits per heavy atom. The molecule has 0 amide bonds. The Morgan fingerprint density at radius 2 is 0.545 bits per heavy atom. The van der Waals surface area contributed by atoms with Gasteiger partial charge in [0.1, 0.15) is 56.9 Å². The van der Waals surface area contributed by atoms with Gasteiger partial charge in [0.2, 0.25) is 28.9 Å². The number of pyridine rings is 10. The van der Waals surface area contributed by atoms with E-state index in [-0.39, 0.29) is 109 Å². The summed E-state index contributed by atoms with van der Waals surface area (Å²) in [6.45, 7) is 10.0. The van der Waals surface area contributed by atoms with Gasteiger partial charge >= 0.3 is 29.8 Å². The molecule has 0 atom stereocenters. The molecule has 0 unspecified atom stereocenters. The van der Waals surface area contributed by atoms with Gasteiger partial charge in [0.15, 0.2) is 0 Å². The Bertz CT molecular complexity index is 7030. The first-order chi connectivity index (χ1) is 63.4. The van der Waals surface area contributed by atoms with Crippen molar-refractivity contribution in [3.8, 4) is 0 Å². The first kappa shape index (κ1) is 94.5. The molecule has 15 heterocycles. The van der Waals surface area contributed by atoms with Crippen LogP contribution in [0.5, 0.6) is 0 Å². The van der Waals surface area contributed by atoms with Crippen LogP contribution in [0.4, 0.5) is 0 Å². The van der Waals surface area contributed by atoms with Crippen molar-refractivity contribution in [3.05, 3.63) is 321 Å². The molecule has 132 heavy (non-hydrogen) atoms. The van der Waals surface area contributed by atoms with Crippen molar-refractivity contribution >= 4 is 144 Å². The fourth-order valence-electron chi connectivity index (χ4n) is 15.8. The smallest absolute Gasteiger partial charge is 0.356 e. The van der Waals surface area contributed by atoms with E-state index in [0.717, 1.165) is 81.3 Å². The van der Waals surface area contributed by atoms with Gasteiger partial charge in [-0.25, -0.2) is 71.5 Å². The number of esters is 5. The summed E-state index contributed by atoms with van der Waals surface area (Å²) >= 11 is 30.4. The second kappa shape index (κ2) is 41.2. The first-order valence-corrected chi connectivity index (χ1v) is 44.1. The van der Waals surface area contributed by atoms with Crippen molar-refractivity contribution in [2.24, 2.45) is 5.92 Å². The van der Waals surface area contributed by atoms with Crippen molar-refractivity contribution in [1.29, 1.82) is 0 Å². The highest BCUT2D eigenvalue weighted by Crippen LogP contribution is 2.44. The lowest BCUT2D eigenvalue weighted by Crippen LogP contribution is -2.18. The van der Waals surface area contributed by atoms with Crippen LogP contribution in [-0.2, 0) is 35.5 Å². The zero-order chi connectivity index (χ0) is 94.1. The van der Waals surface area contributed by atoms with E-state index in [4.69, 9.17) is 72.6 Å². The van der Waals surface area contributed by atoms with Gasteiger partial charge in [-0.15, -0.1) is 0 Å². The summed E-state index contributed by atoms with van der Waals surface area (Å²) in [7, 11) is 6.39. The van der Waals surface area contributed by atoms with E-state index in [1.54, 1.807) is 175 Å². The molecule has 0 radical (unpaired) electrons. The molecule has 0 aromatic carbocycles. The number of carbonyl (C=O) groups excluding carboxylic acids is 10. The number of ketones is 5. The number of rotatable bonds is 20. The molecule has 0 spiro atoms. The molecule has 35 heteroatoms. The summed E-state index contributed by atoms with van der Waals surface area (Å²) < 4.78 is 31.6. The molecule has 0 aliphatic heterocycles. The third kappa shape index (κ3) is 21.0. The second-order valence-electron chi connectivity index (χ2n) is 32.8. The van der Waals surface area contributed by atoms with Crippen molar-refractivity contribution in [1.82, 2.24) is 73.0 Å². The van der Waals surface area contributed by atoms with Gasteiger partial charge in [0.25, 0.3) is 0 Å². The molecule has 676 valence electrons. The van der Waals surface area contributed by atoms with Gasteiger partial charge in [-0.1, -0.05) is 155 Å². The number of hydrogen-bond donors (Lipinski definition) is 0. The number of fused-ring (bicyclic) bond motifs is 5. The minimum atomic E-state index is -0.595. The number of carbonyl (C=O) groups is 10. The van der Waals surface area contributed by atoms with E-state index in [0.29, 0.717) is 104 Å². The Hall–Kier alpha value is -13.7. The zero-order valence-electron chi connectivity index (χ0n) is 73.3. The Morgan fingerprint density at radius 1 is 0.311 bits per heavy atom. The quantitative estimate of drug-likeness (QED) is 0.0388. The van der Waals surface area contributed by atoms with Gasteiger partial charge < -0.3 is 23.7 Å². The molecule has 15 aromatic heterocycles. The van der Waals surface area contributed by atoms with Crippen molar-refractivity contribution in [2.45, 2.75) is 135 Å². The molecule has 0 bridgehead atoms. The molecule has 18 rings (SSSR count). The predicted octanol–water partition coefficient (Wildman–Crippen LogP) is 19.1. The minimum Gasteiger partial charge on any atom is -0.464 e. The van der Waals surface area contributed by atoms with E-state index in [2.05, 4.69) is 73.4 Å². The Balaban J connectivity index is 0.000000133.